The van der Waals surface area contributed by atoms with Gasteiger partial charge in [0.15, 0.2) is 6.10 Å². The van der Waals surface area contributed by atoms with Crippen LogP contribution in [-0.2, 0) is 24.3 Å². The number of hydrogen-bond acceptors (Lipinski definition) is 6. The summed E-state index contributed by atoms with van der Waals surface area (Å²) in [5, 5.41) is 1.89. The summed E-state index contributed by atoms with van der Waals surface area (Å²) in [4.78, 5) is 34.3. The Kier molecular flexibility index (Phi) is 7.27. The van der Waals surface area contributed by atoms with Gasteiger partial charge in [-0.25, -0.2) is 13.2 Å². The number of benzene rings is 1. The fraction of sp³-hybridized carbons (Fsp3) is 0.438. The Bertz CT molecular complexity index is 884. The summed E-state index contributed by atoms with van der Waals surface area (Å²) in [5.41, 5.74) is 4.84. The van der Waals surface area contributed by atoms with Gasteiger partial charge in [-0.1, -0.05) is 29.3 Å². The number of sulfonamides is 1. The van der Waals surface area contributed by atoms with Crippen molar-refractivity contribution in [3.8, 4) is 0 Å². The SMILES string of the molecule is C[C@@H](OC(=O)C1CCN(S(=O)(=O)c2cccc(Cl)c2Cl)CC1)C(=O)NC(N)=O. The van der Waals surface area contributed by atoms with Gasteiger partial charge in [0.2, 0.25) is 10.0 Å². The van der Waals surface area contributed by atoms with Gasteiger partial charge < -0.3 is 10.5 Å². The molecule has 1 fully saturated rings. The Hall–Kier alpha value is -1.88. The predicted molar refractivity (Wildman–Crippen MR) is 101 cm³/mol. The molecule has 0 bridgehead atoms. The van der Waals surface area contributed by atoms with Crippen molar-refractivity contribution < 1.29 is 27.5 Å². The number of urea groups is 1. The molecule has 1 aliphatic heterocycles. The zero-order valence-electron chi connectivity index (χ0n) is 14.9. The van der Waals surface area contributed by atoms with E-state index in [1.807, 2.05) is 5.32 Å². The first-order valence-electron chi connectivity index (χ1n) is 8.29. The predicted octanol–water partition coefficient (Wildman–Crippen LogP) is 1.52. The van der Waals surface area contributed by atoms with Crippen molar-refractivity contribution in [2.75, 3.05) is 13.1 Å². The zero-order chi connectivity index (χ0) is 21.1. The number of esters is 1. The van der Waals surface area contributed by atoms with Crippen LogP contribution in [0.1, 0.15) is 19.8 Å². The van der Waals surface area contributed by atoms with Crippen LogP contribution < -0.4 is 11.1 Å². The van der Waals surface area contributed by atoms with Gasteiger partial charge in [-0.15, -0.1) is 0 Å². The molecule has 0 unspecified atom stereocenters. The normalized spacial score (nSPS) is 17.0. The van der Waals surface area contributed by atoms with Crippen LogP contribution in [0.2, 0.25) is 10.0 Å². The molecule has 0 radical (unpaired) electrons. The lowest BCUT2D eigenvalue weighted by molar-refractivity contribution is -0.159. The summed E-state index contributed by atoms with van der Waals surface area (Å²) < 4.78 is 31.8. The molecule has 1 saturated heterocycles. The van der Waals surface area contributed by atoms with Gasteiger partial charge in [0.25, 0.3) is 5.91 Å². The zero-order valence-corrected chi connectivity index (χ0v) is 17.2. The lowest BCUT2D eigenvalue weighted by Gasteiger charge is -2.30. The lowest BCUT2D eigenvalue weighted by atomic mass is 9.98. The number of rotatable bonds is 5. The molecular weight excluding hydrogens is 433 g/mol. The van der Waals surface area contributed by atoms with E-state index in [2.05, 4.69) is 0 Å². The second-order valence-corrected chi connectivity index (χ2v) is 8.85. The molecule has 9 nitrogen and oxygen atoms in total. The largest absolute Gasteiger partial charge is 0.452 e. The first-order chi connectivity index (χ1) is 13.0. The first-order valence-corrected chi connectivity index (χ1v) is 10.5. The fourth-order valence-electron chi connectivity index (χ4n) is 2.70. The van der Waals surface area contributed by atoms with Crippen LogP contribution in [0.3, 0.4) is 0 Å². The monoisotopic (exact) mass is 451 g/mol. The van der Waals surface area contributed by atoms with E-state index in [4.69, 9.17) is 33.7 Å². The van der Waals surface area contributed by atoms with E-state index in [1.54, 1.807) is 0 Å². The Morgan fingerprint density at radius 2 is 1.86 bits per heavy atom. The van der Waals surface area contributed by atoms with E-state index >= 15 is 0 Å². The molecule has 2 rings (SSSR count). The van der Waals surface area contributed by atoms with E-state index in [-0.39, 0.29) is 40.9 Å². The van der Waals surface area contributed by atoms with Gasteiger partial charge in [-0.05, 0) is 31.9 Å². The summed E-state index contributed by atoms with van der Waals surface area (Å²) in [7, 11) is -3.86. The van der Waals surface area contributed by atoms with Crippen LogP contribution in [0, 0.1) is 5.92 Å². The van der Waals surface area contributed by atoms with Crippen molar-refractivity contribution in [2.45, 2.75) is 30.8 Å². The van der Waals surface area contributed by atoms with Gasteiger partial charge in [0.05, 0.1) is 16.0 Å². The third-order valence-corrected chi connectivity index (χ3v) is 7.10. The topological polar surface area (TPSA) is 136 Å². The third kappa shape index (κ3) is 5.13. The Morgan fingerprint density at radius 3 is 2.43 bits per heavy atom. The van der Waals surface area contributed by atoms with Gasteiger partial charge in [-0.3, -0.25) is 14.9 Å². The number of nitrogens with zero attached hydrogens (tertiary/aromatic N) is 1. The molecule has 28 heavy (non-hydrogen) atoms. The number of carbonyl (C=O) groups is 3. The minimum absolute atomic E-state index is 0.0556. The number of hydrogen-bond donors (Lipinski definition) is 2. The summed E-state index contributed by atoms with van der Waals surface area (Å²) in [6, 6.07) is 3.29. The van der Waals surface area contributed by atoms with E-state index in [1.165, 1.54) is 29.4 Å². The van der Waals surface area contributed by atoms with Crippen LogP contribution in [0.5, 0.6) is 0 Å². The van der Waals surface area contributed by atoms with Crippen molar-refractivity contribution in [3.63, 3.8) is 0 Å². The van der Waals surface area contributed by atoms with Crippen LogP contribution in [-0.4, -0.2) is 49.8 Å². The molecular formula is C16H19Cl2N3O6S. The first kappa shape index (κ1) is 22.4. The van der Waals surface area contributed by atoms with Gasteiger partial charge >= 0.3 is 12.0 Å². The standard InChI is InChI=1S/C16H19Cl2N3O6S/c1-9(14(22)20-16(19)24)27-15(23)10-5-7-21(8-6-10)28(25,26)12-4-2-3-11(17)13(12)18/h2-4,9-10H,5-8H2,1H3,(H3,19,20,22,24)/t9-/m1/s1. The van der Waals surface area contributed by atoms with Crippen LogP contribution in [0.4, 0.5) is 4.79 Å². The van der Waals surface area contributed by atoms with Crippen molar-refractivity contribution in [3.05, 3.63) is 28.2 Å². The van der Waals surface area contributed by atoms with Crippen LogP contribution >= 0.6 is 23.2 Å². The number of carbonyl (C=O) groups excluding carboxylic acids is 3. The average molecular weight is 452 g/mol. The summed E-state index contributed by atoms with van der Waals surface area (Å²) in [5.74, 6) is -2.06. The molecule has 1 heterocycles. The van der Waals surface area contributed by atoms with Crippen molar-refractivity contribution >= 4 is 51.1 Å². The highest BCUT2D eigenvalue weighted by Gasteiger charge is 2.35. The molecule has 1 aliphatic rings. The highest BCUT2D eigenvalue weighted by Crippen LogP contribution is 2.32. The highest BCUT2D eigenvalue weighted by molar-refractivity contribution is 7.89. The molecule has 154 valence electrons. The van der Waals surface area contributed by atoms with Gasteiger partial charge in [0, 0.05) is 13.1 Å². The van der Waals surface area contributed by atoms with Gasteiger partial charge in [0.1, 0.15) is 4.90 Å². The maximum atomic E-state index is 12.8. The minimum atomic E-state index is -3.86. The molecule has 3 amide bonds. The molecule has 1 aromatic rings. The number of nitrogens with two attached hydrogens (primary N) is 1. The maximum absolute atomic E-state index is 12.8. The van der Waals surface area contributed by atoms with E-state index in [0.29, 0.717) is 0 Å². The smallest absolute Gasteiger partial charge is 0.318 e. The average Bonchev–Trinajstić information content (AvgIpc) is 2.63. The van der Waals surface area contributed by atoms with E-state index < -0.39 is 40.0 Å². The Balaban J connectivity index is 1.98. The van der Waals surface area contributed by atoms with Crippen LogP contribution in [0.15, 0.2) is 23.1 Å². The Labute approximate surface area is 172 Å². The number of ether oxygens (including phenoxy) is 1. The quantitative estimate of drug-likeness (QED) is 0.651. The molecule has 1 atom stereocenters. The second kappa shape index (κ2) is 9.08. The van der Waals surface area contributed by atoms with E-state index in [0.717, 1.165) is 0 Å². The van der Waals surface area contributed by atoms with Gasteiger partial charge in [-0.2, -0.15) is 4.31 Å². The third-order valence-electron chi connectivity index (χ3n) is 4.23. The number of amides is 3. The molecule has 0 spiro atoms. The number of primary amides is 1. The fourth-order valence-corrected chi connectivity index (χ4v) is 4.91. The van der Waals surface area contributed by atoms with E-state index in [9.17, 15) is 22.8 Å². The van der Waals surface area contributed by atoms with Crippen LogP contribution in [0.25, 0.3) is 0 Å². The minimum Gasteiger partial charge on any atom is -0.452 e. The summed E-state index contributed by atoms with van der Waals surface area (Å²) >= 11 is 11.9. The molecule has 1 aromatic carbocycles. The lowest BCUT2D eigenvalue weighted by Crippen LogP contribution is -2.44. The molecule has 0 aliphatic carbocycles. The molecule has 0 saturated carbocycles. The van der Waals surface area contributed by atoms with Crippen molar-refractivity contribution in [1.82, 2.24) is 9.62 Å². The highest BCUT2D eigenvalue weighted by atomic mass is 35.5. The molecule has 3 N–H and O–H groups in total. The number of nitrogens with one attached hydrogen (secondary N) is 1. The number of imide groups is 1. The molecule has 12 heteroatoms. The second-order valence-electron chi connectivity index (χ2n) is 6.16. The number of piperidine rings is 1. The van der Waals surface area contributed by atoms with Crippen molar-refractivity contribution in [1.29, 1.82) is 0 Å². The summed E-state index contributed by atoms with van der Waals surface area (Å²) in [6.07, 6.45) is -0.784. The maximum Gasteiger partial charge on any atom is 0.318 e. The van der Waals surface area contributed by atoms with Crippen molar-refractivity contribution in [2.24, 2.45) is 11.7 Å². The summed E-state index contributed by atoms with van der Waals surface area (Å²) in [6.45, 7) is 1.45. The Morgan fingerprint density at radius 1 is 1.25 bits per heavy atom. The number of halogens is 2. The molecule has 0 aromatic heterocycles.